The monoisotopic (exact) mass is 313 g/mol. The fraction of sp³-hybridized carbons (Fsp3) is 0.375. The molecule has 2 bridgehead atoms. The Balaban J connectivity index is 1.86. The highest BCUT2D eigenvalue weighted by Gasteiger charge is 2.45. The van der Waals surface area contributed by atoms with Crippen molar-refractivity contribution in [3.63, 3.8) is 0 Å². The second-order valence-corrected chi connectivity index (χ2v) is 7.44. The van der Waals surface area contributed by atoms with Gasteiger partial charge in [-0.05, 0) is 43.2 Å². The number of aliphatic hydroxyl groups is 1. The Morgan fingerprint density at radius 1 is 1.36 bits per heavy atom. The molecule has 3 aromatic rings. The van der Waals surface area contributed by atoms with E-state index in [-0.39, 0.29) is 5.56 Å². The molecule has 3 heterocycles. The summed E-state index contributed by atoms with van der Waals surface area (Å²) in [5, 5.41) is 18.7. The van der Waals surface area contributed by atoms with Gasteiger partial charge in [-0.3, -0.25) is 9.89 Å². The average Bonchev–Trinajstić information content (AvgIpc) is 3.17. The fourth-order valence-corrected chi connectivity index (χ4v) is 5.13. The average molecular weight is 313 g/mol. The molecule has 3 aliphatic rings. The molecule has 0 atom stereocenters. The van der Waals surface area contributed by atoms with Gasteiger partial charge < -0.3 is 10.1 Å². The maximum Gasteiger partial charge on any atom is 0.266 e. The van der Waals surface area contributed by atoms with Gasteiger partial charge in [-0.25, -0.2) is 0 Å². The van der Waals surface area contributed by atoms with Crippen LogP contribution >= 0.6 is 11.3 Å². The Kier molecular flexibility index (Phi) is 2.34. The normalized spacial score (nSPS) is 26.5. The highest BCUT2D eigenvalue weighted by atomic mass is 32.1. The molecular formula is C16H15N3O2S. The van der Waals surface area contributed by atoms with Crippen LogP contribution in [0.3, 0.4) is 0 Å². The summed E-state index contributed by atoms with van der Waals surface area (Å²) in [5.74, 6) is 0.454. The van der Waals surface area contributed by atoms with Gasteiger partial charge in [0.25, 0.3) is 5.56 Å². The lowest BCUT2D eigenvalue weighted by Crippen LogP contribution is -2.40. The van der Waals surface area contributed by atoms with Crippen molar-refractivity contribution in [1.29, 1.82) is 0 Å². The summed E-state index contributed by atoms with van der Waals surface area (Å²) in [7, 11) is 0. The highest BCUT2D eigenvalue weighted by molar-refractivity contribution is 7.22. The Bertz CT molecular complexity index is 930. The number of nitrogens with zero attached hydrogens (tertiary/aromatic N) is 1. The summed E-state index contributed by atoms with van der Waals surface area (Å²) in [6.07, 6.45) is 7.12. The highest BCUT2D eigenvalue weighted by Crippen LogP contribution is 2.53. The molecule has 3 aliphatic carbocycles. The SMILES string of the molecule is O=c1[nH]c2c(c3cc(-c4cn[nH]c4)sc13)C1CCC2(O)CC1. The van der Waals surface area contributed by atoms with Crippen molar-refractivity contribution in [2.45, 2.75) is 37.2 Å². The first-order valence-corrected chi connectivity index (χ1v) is 8.39. The standard InChI is InChI=1S/C16H15N3O2S/c20-15-13-10(5-11(22-13)9-6-17-18-7-9)12-8-1-3-16(21,4-2-8)14(12)19-15/h5-8,21H,1-4H2,(H,17,18)(H,19,20). The van der Waals surface area contributed by atoms with Crippen LogP contribution in [-0.2, 0) is 5.60 Å². The third kappa shape index (κ3) is 1.51. The summed E-state index contributed by atoms with van der Waals surface area (Å²) < 4.78 is 0.756. The third-order valence-electron chi connectivity index (χ3n) is 5.21. The molecule has 22 heavy (non-hydrogen) atoms. The fourth-order valence-electron chi connectivity index (χ4n) is 4.09. The predicted octanol–water partition coefficient (Wildman–Crippen LogP) is 2.84. The maximum atomic E-state index is 12.5. The van der Waals surface area contributed by atoms with Crippen molar-refractivity contribution in [3.8, 4) is 10.4 Å². The van der Waals surface area contributed by atoms with Gasteiger partial charge >= 0.3 is 0 Å². The number of H-pyrrole nitrogens is 2. The number of hydrogen-bond donors (Lipinski definition) is 3. The number of aromatic nitrogens is 3. The topological polar surface area (TPSA) is 81.8 Å². The summed E-state index contributed by atoms with van der Waals surface area (Å²) in [5.41, 5.74) is 2.00. The van der Waals surface area contributed by atoms with E-state index in [4.69, 9.17) is 0 Å². The Morgan fingerprint density at radius 2 is 2.18 bits per heavy atom. The smallest absolute Gasteiger partial charge is 0.266 e. The number of thiophene rings is 1. The largest absolute Gasteiger partial charge is 0.384 e. The van der Waals surface area contributed by atoms with Crippen molar-refractivity contribution in [3.05, 3.63) is 40.1 Å². The van der Waals surface area contributed by atoms with Crippen LogP contribution in [0.5, 0.6) is 0 Å². The van der Waals surface area contributed by atoms with Crippen molar-refractivity contribution in [2.24, 2.45) is 0 Å². The van der Waals surface area contributed by atoms with Crippen LogP contribution in [0.25, 0.3) is 20.5 Å². The molecule has 0 aromatic carbocycles. The van der Waals surface area contributed by atoms with Crippen molar-refractivity contribution in [1.82, 2.24) is 15.2 Å². The number of hydrogen-bond acceptors (Lipinski definition) is 4. The van der Waals surface area contributed by atoms with E-state index in [1.165, 1.54) is 16.9 Å². The zero-order valence-corrected chi connectivity index (χ0v) is 12.7. The van der Waals surface area contributed by atoms with E-state index in [0.717, 1.165) is 51.9 Å². The van der Waals surface area contributed by atoms with E-state index < -0.39 is 5.60 Å². The minimum Gasteiger partial charge on any atom is -0.384 e. The first-order valence-electron chi connectivity index (χ1n) is 7.57. The number of pyridine rings is 1. The van der Waals surface area contributed by atoms with Crippen LogP contribution in [0.2, 0.25) is 0 Å². The van der Waals surface area contributed by atoms with Crippen molar-refractivity contribution in [2.75, 3.05) is 0 Å². The quantitative estimate of drug-likeness (QED) is 0.646. The molecule has 3 N–H and O–H groups in total. The summed E-state index contributed by atoms with van der Waals surface area (Å²) in [4.78, 5) is 16.5. The molecule has 0 saturated heterocycles. The van der Waals surface area contributed by atoms with Gasteiger partial charge in [0.2, 0.25) is 0 Å². The number of aromatic amines is 2. The Hall–Kier alpha value is -1.92. The molecule has 0 aliphatic heterocycles. The lowest BCUT2D eigenvalue weighted by molar-refractivity contribution is -0.0237. The first kappa shape index (κ1) is 12.6. The van der Waals surface area contributed by atoms with Gasteiger partial charge in [0.05, 0.1) is 11.9 Å². The molecule has 5 nitrogen and oxygen atoms in total. The molecule has 0 amide bonds. The van der Waals surface area contributed by atoms with E-state index in [0.29, 0.717) is 5.92 Å². The van der Waals surface area contributed by atoms with Gasteiger partial charge in [0.1, 0.15) is 10.3 Å². The molecule has 6 rings (SSSR count). The molecule has 3 aromatic heterocycles. The predicted molar refractivity (Wildman–Crippen MR) is 85.1 cm³/mol. The van der Waals surface area contributed by atoms with Gasteiger partial charge in [-0.1, -0.05) is 0 Å². The van der Waals surface area contributed by atoms with Crippen molar-refractivity contribution >= 4 is 21.4 Å². The zero-order chi connectivity index (χ0) is 14.9. The Labute approximate surface area is 130 Å². The van der Waals surface area contributed by atoms with Crippen LogP contribution in [0.1, 0.15) is 42.9 Å². The van der Waals surface area contributed by atoms with Gasteiger partial charge in [0.15, 0.2) is 0 Å². The van der Waals surface area contributed by atoms with E-state index in [1.807, 2.05) is 6.20 Å². The van der Waals surface area contributed by atoms with E-state index in [1.54, 1.807) is 6.20 Å². The lowest BCUT2D eigenvalue weighted by atomic mass is 9.66. The number of rotatable bonds is 1. The molecule has 112 valence electrons. The Morgan fingerprint density at radius 3 is 2.91 bits per heavy atom. The molecular weight excluding hydrogens is 298 g/mol. The van der Waals surface area contributed by atoms with Crippen LogP contribution in [0.15, 0.2) is 23.3 Å². The lowest BCUT2D eigenvalue weighted by Gasteiger charge is -2.44. The number of nitrogens with one attached hydrogen (secondary N) is 2. The minimum atomic E-state index is -0.838. The second kappa shape index (κ2) is 4.08. The number of fused-ring (bicyclic) bond motifs is 3. The van der Waals surface area contributed by atoms with Gasteiger partial charge in [-0.2, -0.15) is 5.10 Å². The van der Waals surface area contributed by atoms with E-state index >= 15 is 0 Å². The molecule has 1 fully saturated rings. The second-order valence-electron chi connectivity index (χ2n) is 6.39. The molecule has 6 heteroatoms. The van der Waals surface area contributed by atoms with Crippen LogP contribution in [0.4, 0.5) is 0 Å². The summed E-state index contributed by atoms with van der Waals surface area (Å²) in [6.45, 7) is 0. The van der Waals surface area contributed by atoms with E-state index in [9.17, 15) is 9.90 Å². The third-order valence-corrected chi connectivity index (χ3v) is 6.39. The van der Waals surface area contributed by atoms with Crippen LogP contribution < -0.4 is 5.56 Å². The molecule has 1 saturated carbocycles. The van der Waals surface area contributed by atoms with Gasteiger partial charge in [-0.15, -0.1) is 11.3 Å². The summed E-state index contributed by atoms with van der Waals surface area (Å²) in [6, 6.07) is 2.09. The minimum absolute atomic E-state index is 0.0885. The van der Waals surface area contributed by atoms with Crippen LogP contribution in [0, 0.1) is 0 Å². The summed E-state index contributed by atoms with van der Waals surface area (Å²) >= 11 is 1.50. The first-order chi connectivity index (χ1) is 10.7. The zero-order valence-electron chi connectivity index (χ0n) is 11.8. The molecule has 0 unspecified atom stereocenters. The van der Waals surface area contributed by atoms with E-state index in [2.05, 4.69) is 21.2 Å². The van der Waals surface area contributed by atoms with Crippen molar-refractivity contribution < 1.29 is 5.11 Å². The molecule has 0 spiro atoms. The van der Waals surface area contributed by atoms with Gasteiger partial charge in [0, 0.05) is 22.0 Å². The maximum absolute atomic E-state index is 12.5. The van der Waals surface area contributed by atoms with Crippen LogP contribution in [-0.4, -0.2) is 20.3 Å². The molecule has 0 radical (unpaired) electrons.